The van der Waals surface area contributed by atoms with E-state index in [9.17, 15) is 19.2 Å². The van der Waals surface area contributed by atoms with Crippen LogP contribution in [0, 0.1) is 0 Å². The molecule has 0 saturated carbocycles. The molecular formula is C21H26N4O4. The number of aryl methyl sites for hydroxylation is 2. The first-order valence-electron chi connectivity index (χ1n) is 9.61. The average molecular weight is 398 g/mol. The zero-order valence-corrected chi connectivity index (χ0v) is 16.7. The predicted octanol–water partition coefficient (Wildman–Crippen LogP) is 2.35. The van der Waals surface area contributed by atoms with E-state index in [1.165, 1.54) is 39.5 Å². The van der Waals surface area contributed by atoms with Gasteiger partial charge in [-0.15, -0.1) is 0 Å². The highest BCUT2D eigenvalue weighted by Crippen LogP contribution is 2.06. The van der Waals surface area contributed by atoms with Crippen molar-refractivity contribution >= 4 is 23.2 Å². The number of anilines is 2. The topological polar surface area (TPSA) is 102 Å². The second-order valence-electron chi connectivity index (χ2n) is 6.54. The number of nitrogens with one attached hydrogen (secondary N) is 2. The monoisotopic (exact) mass is 398 g/mol. The van der Waals surface area contributed by atoms with E-state index in [4.69, 9.17) is 0 Å². The van der Waals surface area contributed by atoms with E-state index in [1.54, 1.807) is 18.5 Å². The van der Waals surface area contributed by atoms with Crippen molar-refractivity contribution in [2.75, 3.05) is 10.6 Å². The Morgan fingerprint density at radius 3 is 1.90 bits per heavy atom. The first kappa shape index (κ1) is 21.9. The first-order valence-corrected chi connectivity index (χ1v) is 9.61. The molecular weight excluding hydrogens is 372 g/mol. The number of amides is 2. The van der Waals surface area contributed by atoms with E-state index in [0.29, 0.717) is 24.5 Å². The van der Waals surface area contributed by atoms with Crippen LogP contribution in [0.3, 0.4) is 0 Å². The minimum Gasteiger partial charge on any atom is -0.325 e. The Bertz CT molecular complexity index is 1000. The zero-order valence-electron chi connectivity index (χ0n) is 16.7. The number of carbonyl (C=O) groups is 2. The Balaban J connectivity index is 1.89. The third-order valence-electron chi connectivity index (χ3n) is 4.02. The molecule has 0 unspecified atom stereocenters. The predicted molar refractivity (Wildman–Crippen MR) is 113 cm³/mol. The molecule has 2 amide bonds. The lowest BCUT2D eigenvalue weighted by atomic mass is 10.3. The average Bonchev–Trinajstić information content (AvgIpc) is 2.67. The highest BCUT2D eigenvalue weighted by molar-refractivity contribution is 6.00. The summed E-state index contributed by atoms with van der Waals surface area (Å²) < 4.78 is 3.07. The molecule has 0 bridgehead atoms. The maximum absolute atomic E-state index is 12.0. The molecule has 0 saturated heterocycles. The third kappa shape index (κ3) is 6.91. The van der Waals surface area contributed by atoms with Crippen LogP contribution >= 0.6 is 0 Å². The fourth-order valence-corrected chi connectivity index (χ4v) is 2.71. The largest absolute Gasteiger partial charge is 0.325 e. The van der Waals surface area contributed by atoms with Crippen molar-refractivity contribution in [3.63, 3.8) is 0 Å². The second kappa shape index (κ2) is 10.8. The number of hydrogen-bond donors (Lipinski definition) is 2. The van der Waals surface area contributed by atoms with E-state index >= 15 is 0 Å². The third-order valence-corrected chi connectivity index (χ3v) is 4.02. The molecule has 0 aromatic carbocycles. The zero-order chi connectivity index (χ0) is 21.2. The molecule has 0 aliphatic heterocycles. The molecule has 2 aromatic heterocycles. The highest BCUT2D eigenvalue weighted by Gasteiger charge is 2.04. The molecule has 2 heterocycles. The number of pyridine rings is 2. The smallest absolute Gasteiger partial charge is 0.250 e. The van der Waals surface area contributed by atoms with Gasteiger partial charge in [-0.3, -0.25) is 19.2 Å². The van der Waals surface area contributed by atoms with Crippen LogP contribution in [0.1, 0.15) is 33.1 Å². The molecule has 8 nitrogen and oxygen atoms in total. The molecule has 0 fully saturated rings. The van der Waals surface area contributed by atoms with Gasteiger partial charge in [0.05, 0.1) is 11.4 Å². The molecule has 8 heteroatoms. The van der Waals surface area contributed by atoms with Gasteiger partial charge in [-0.2, -0.15) is 0 Å². The lowest BCUT2D eigenvalue weighted by Gasteiger charge is -2.08. The molecule has 0 atom stereocenters. The van der Waals surface area contributed by atoms with Gasteiger partial charge in [0, 0.05) is 44.0 Å². The van der Waals surface area contributed by atoms with Crippen molar-refractivity contribution in [1.29, 1.82) is 0 Å². The van der Waals surface area contributed by atoms with Gasteiger partial charge in [0.2, 0.25) is 11.8 Å². The first-order chi connectivity index (χ1) is 13.9. The van der Waals surface area contributed by atoms with E-state index in [-0.39, 0.29) is 23.4 Å². The Labute approximate surface area is 168 Å². The minimum absolute atomic E-state index is 0.00958. The van der Waals surface area contributed by atoms with Crippen LogP contribution < -0.4 is 21.8 Å². The quantitative estimate of drug-likeness (QED) is 0.633. The van der Waals surface area contributed by atoms with Gasteiger partial charge in [-0.25, -0.2) is 0 Å². The summed E-state index contributed by atoms with van der Waals surface area (Å²) in [6.07, 6.45) is 7.55. The summed E-state index contributed by atoms with van der Waals surface area (Å²) in [7, 11) is 0. The molecule has 29 heavy (non-hydrogen) atoms. The van der Waals surface area contributed by atoms with Gasteiger partial charge in [0.15, 0.2) is 0 Å². The summed E-state index contributed by atoms with van der Waals surface area (Å²) in [5.74, 6) is -0.691. The fraction of sp³-hybridized carbons (Fsp3) is 0.333. The Morgan fingerprint density at radius 1 is 0.862 bits per heavy atom. The van der Waals surface area contributed by atoms with Gasteiger partial charge in [-0.1, -0.05) is 19.9 Å². The van der Waals surface area contributed by atoms with Crippen molar-refractivity contribution < 1.29 is 9.59 Å². The summed E-state index contributed by atoms with van der Waals surface area (Å²) in [6.45, 7) is 5.08. The van der Waals surface area contributed by atoms with Gasteiger partial charge < -0.3 is 19.8 Å². The summed E-state index contributed by atoms with van der Waals surface area (Å²) in [5, 5.41) is 5.36. The van der Waals surface area contributed by atoms with Gasteiger partial charge in [0.1, 0.15) is 0 Å². The molecule has 154 valence electrons. The molecule has 2 N–H and O–H groups in total. The van der Waals surface area contributed by atoms with Crippen molar-refractivity contribution in [2.24, 2.45) is 0 Å². The SMILES string of the molecule is CCCn1cc(NC(=O)/C=C/CC(=O)Nc2ccc(=O)n(CCC)c2)ccc1=O. The summed E-state index contributed by atoms with van der Waals surface area (Å²) in [4.78, 5) is 47.4. The van der Waals surface area contributed by atoms with Crippen molar-refractivity contribution in [1.82, 2.24) is 9.13 Å². The Morgan fingerprint density at radius 2 is 1.38 bits per heavy atom. The van der Waals surface area contributed by atoms with Crippen LogP contribution in [0.25, 0.3) is 0 Å². The summed E-state index contributed by atoms with van der Waals surface area (Å²) >= 11 is 0. The lowest BCUT2D eigenvalue weighted by Crippen LogP contribution is -2.20. The Hall–Kier alpha value is -3.42. The van der Waals surface area contributed by atoms with Crippen LogP contribution in [-0.2, 0) is 22.7 Å². The van der Waals surface area contributed by atoms with Crippen LogP contribution in [0.5, 0.6) is 0 Å². The van der Waals surface area contributed by atoms with Crippen LogP contribution in [-0.4, -0.2) is 20.9 Å². The minimum atomic E-state index is -0.393. The lowest BCUT2D eigenvalue weighted by molar-refractivity contribution is -0.115. The van der Waals surface area contributed by atoms with Crippen LogP contribution in [0.2, 0.25) is 0 Å². The van der Waals surface area contributed by atoms with Crippen LogP contribution in [0.15, 0.2) is 58.4 Å². The maximum Gasteiger partial charge on any atom is 0.250 e. The number of nitrogens with zero attached hydrogens (tertiary/aromatic N) is 2. The number of hydrogen-bond acceptors (Lipinski definition) is 4. The normalized spacial score (nSPS) is 10.8. The maximum atomic E-state index is 12.0. The summed E-state index contributed by atoms with van der Waals surface area (Å²) in [6, 6.07) is 5.90. The van der Waals surface area contributed by atoms with Crippen molar-refractivity contribution in [3.05, 3.63) is 69.5 Å². The molecule has 2 aromatic rings. The van der Waals surface area contributed by atoms with E-state index < -0.39 is 5.91 Å². The highest BCUT2D eigenvalue weighted by atomic mass is 16.2. The standard InChI is InChI=1S/C21H26N4O4/c1-3-12-24-14-16(8-10-20(24)28)22-18(26)6-5-7-19(27)23-17-9-11-21(29)25(15-17)13-4-2/h5-6,8-11,14-15H,3-4,7,12-13H2,1-2H3,(H,22,26)(H,23,27)/b6-5+. The summed E-state index contributed by atoms with van der Waals surface area (Å²) in [5.41, 5.74) is 0.795. The van der Waals surface area contributed by atoms with Crippen molar-refractivity contribution in [3.8, 4) is 0 Å². The van der Waals surface area contributed by atoms with Crippen LogP contribution in [0.4, 0.5) is 11.4 Å². The fourth-order valence-electron chi connectivity index (χ4n) is 2.71. The number of rotatable bonds is 9. The van der Waals surface area contributed by atoms with E-state index in [2.05, 4.69) is 10.6 Å². The number of carbonyl (C=O) groups excluding carboxylic acids is 2. The van der Waals surface area contributed by atoms with E-state index in [1.807, 2.05) is 13.8 Å². The molecule has 2 rings (SSSR count). The number of aromatic nitrogens is 2. The van der Waals surface area contributed by atoms with Crippen molar-refractivity contribution in [2.45, 2.75) is 46.2 Å². The molecule has 0 aliphatic rings. The molecule has 0 radical (unpaired) electrons. The van der Waals surface area contributed by atoms with E-state index in [0.717, 1.165) is 12.8 Å². The second-order valence-corrected chi connectivity index (χ2v) is 6.54. The van der Waals surface area contributed by atoms with Gasteiger partial charge in [-0.05, 0) is 31.1 Å². The Kier molecular flexibility index (Phi) is 8.14. The van der Waals surface area contributed by atoms with Gasteiger partial charge in [0.25, 0.3) is 11.1 Å². The molecule has 0 spiro atoms. The van der Waals surface area contributed by atoms with Gasteiger partial charge >= 0.3 is 0 Å². The molecule has 0 aliphatic carbocycles.